The van der Waals surface area contributed by atoms with Crippen LogP contribution in [0.4, 0.5) is 11.5 Å². The summed E-state index contributed by atoms with van der Waals surface area (Å²) in [5.41, 5.74) is 8.46. The van der Waals surface area contributed by atoms with Gasteiger partial charge in [-0.2, -0.15) is 5.10 Å². The molecule has 6 nitrogen and oxygen atoms in total. The van der Waals surface area contributed by atoms with Gasteiger partial charge in [0.05, 0.1) is 23.1 Å². The molecule has 0 saturated carbocycles. The lowest BCUT2D eigenvalue weighted by atomic mass is 10.4. The van der Waals surface area contributed by atoms with Gasteiger partial charge >= 0.3 is 0 Å². The molecule has 0 radical (unpaired) electrons. The van der Waals surface area contributed by atoms with E-state index >= 15 is 0 Å². The lowest BCUT2D eigenvalue weighted by Gasteiger charge is -1.99. The predicted octanol–water partition coefficient (Wildman–Crippen LogP) is 1.01. The molecular formula is C8H9N5OS. The fraction of sp³-hybridized carbons (Fsp3) is 0.125. The van der Waals surface area contributed by atoms with Crippen LogP contribution in [0.25, 0.3) is 0 Å². The molecule has 0 unspecified atom stereocenters. The van der Waals surface area contributed by atoms with E-state index in [-0.39, 0.29) is 5.91 Å². The highest BCUT2D eigenvalue weighted by Gasteiger charge is 2.12. The third kappa shape index (κ3) is 1.82. The normalized spacial score (nSPS) is 10.2. The van der Waals surface area contributed by atoms with Gasteiger partial charge in [0.2, 0.25) is 0 Å². The molecular weight excluding hydrogens is 214 g/mol. The van der Waals surface area contributed by atoms with Crippen molar-refractivity contribution in [2.75, 3.05) is 11.1 Å². The molecule has 1 amide bonds. The van der Waals surface area contributed by atoms with Crippen molar-refractivity contribution in [3.05, 3.63) is 22.3 Å². The molecule has 15 heavy (non-hydrogen) atoms. The van der Waals surface area contributed by atoms with Crippen molar-refractivity contribution < 1.29 is 4.79 Å². The lowest BCUT2D eigenvalue weighted by Crippen LogP contribution is -2.11. The number of anilines is 2. The fourth-order valence-electron chi connectivity index (χ4n) is 1.03. The number of carbonyl (C=O) groups is 1. The summed E-state index contributed by atoms with van der Waals surface area (Å²) in [4.78, 5) is 15.9. The summed E-state index contributed by atoms with van der Waals surface area (Å²) >= 11 is 1.26. The van der Waals surface area contributed by atoms with E-state index in [9.17, 15) is 4.79 Å². The zero-order valence-electron chi connectivity index (χ0n) is 7.94. The number of nitrogens with zero attached hydrogens (tertiary/aromatic N) is 2. The van der Waals surface area contributed by atoms with Crippen LogP contribution in [0.3, 0.4) is 0 Å². The Morgan fingerprint density at radius 3 is 3.00 bits per heavy atom. The molecule has 78 valence electrons. The monoisotopic (exact) mass is 223 g/mol. The van der Waals surface area contributed by atoms with Gasteiger partial charge in [-0.1, -0.05) is 0 Å². The Balaban J connectivity index is 2.16. The summed E-state index contributed by atoms with van der Waals surface area (Å²) in [6, 6.07) is 0. The van der Waals surface area contributed by atoms with Crippen LogP contribution >= 0.6 is 11.3 Å². The predicted molar refractivity (Wildman–Crippen MR) is 57.8 cm³/mol. The van der Waals surface area contributed by atoms with E-state index in [0.717, 1.165) is 5.69 Å². The first-order valence-electron chi connectivity index (χ1n) is 4.18. The number of hydrogen-bond acceptors (Lipinski definition) is 5. The number of aromatic amines is 1. The Morgan fingerprint density at radius 1 is 1.67 bits per heavy atom. The van der Waals surface area contributed by atoms with E-state index in [4.69, 9.17) is 5.73 Å². The lowest BCUT2D eigenvalue weighted by molar-refractivity contribution is 0.103. The van der Waals surface area contributed by atoms with E-state index in [1.165, 1.54) is 17.5 Å². The Hall–Kier alpha value is -1.89. The molecule has 0 aromatic carbocycles. The number of nitrogen functional groups attached to an aromatic ring is 1. The summed E-state index contributed by atoms with van der Waals surface area (Å²) in [5, 5.41) is 9.15. The van der Waals surface area contributed by atoms with Gasteiger partial charge in [-0.15, -0.1) is 11.3 Å². The van der Waals surface area contributed by atoms with Gasteiger partial charge in [0.25, 0.3) is 5.91 Å². The average molecular weight is 223 g/mol. The first-order chi connectivity index (χ1) is 7.18. The molecule has 0 saturated heterocycles. The molecule has 0 aliphatic heterocycles. The maximum absolute atomic E-state index is 11.6. The van der Waals surface area contributed by atoms with Gasteiger partial charge in [-0.25, -0.2) is 0 Å². The number of thiazole rings is 1. The van der Waals surface area contributed by atoms with Crippen molar-refractivity contribution >= 4 is 28.7 Å². The summed E-state index contributed by atoms with van der Waals surface area (Å²) in [5.74, 6) is 0.0987. The molecule has 0 spiro atoms. The largest absolute Gasteiger partial charge is 0.394 e. The molecule has 2 aromatic rings. The van der Waals surface area contributed by atoms with Crippen molar-refractivity contribution in [2.24, 2.45) is 0 Å². The van der Waals surface area contributed by atoms with Gasteiger partial charge in [-0.3, -0.25) is 14.9 Å². The molecule has 2 aromatic heterocycles. The second-order valence-corrected chi connectivity index (χ2v) is 3.82. The first kappa shape index (κ1) is 9.66. The second-order valence-electron chi connectivity index (χ2n) is 2.93. The molecule has 0 fully saturated rings. The highest BCUT2D eigenvalue weighted by atomic mass is 32.1. The number of aromatic nitrogens is 3. The van der Waals surface area contributed by atoms with Crippen LogP contribution in [0.5, 0.6) is 0 Å². The minimum atomic E-state index is -0.254. The molecule has 0 aliphatic carbocycles. The zero-order valence-corrected chi connectivity index (χ0v) is 8.76. The van der Waals surface area contributed by atoms with E-state index < -0.39 is 0 Å². The Kier molecular flexibility index (Phi) is 2.38. The number of carbonyl (C=O) groups excluding carboxylic acids is 1. The van der Waals surface area contributed by atoms with Crippen molar-refractivity contribution in [1.82, 2.24) is 15.2 Å². The topological polar surface area (TPSA) is 96.7 Å². The van der Waals surface area contributed by atoms with Crippen LogP contribution in [0.1, 0.15) is 15.4 Å². The molecule has 7 heteroatoms. The third-order valence-corrected chi connectivity index (χ3v) is 2.65. The van der Waals surface area contributed by atoms with Gasteiger partial charge < -0.3 is 11.1 Å². The number of aryl methyl sites for hydroxylation is 1. The number of H-pyrrole nitrogens is 1. The molecule has 4 N–H and O–H groups in total. The van der Waals surface area contributed by atoms with Crippen LogP contribution in [0, 0.1) is 6.92 Å². The van der Waals surface area contributed by atoms with Crippen LogP contribution < -0.4 is 11.1 Å². The standard InChI is InChI=1S/C8H9N5OS/c1-4-6(9)7(13-12-4)11-8(14)5-2-10-3-15-5/h2-3H,9H2,1H3,(H2,11,12,13,14). The maximum Gasteiger partial charge on any atom is 0.268 e. The number of nitrogens with two attached hydrogens (primary N) is 1. The van der Waals surface area contributed by atoms with Gasteiger partial charge in [0.15, 0.2) is 5.82 Å². The highest BCUT2D eigenvalue weighted by molar-refractivity contribution is 7.11. The molecule has 0 aliphatic rings. The van der Waals surface area contributed by atoms with Gasteiger partial charge in [0.1, 0.15) is 4.88 Å². The summed E-state index contributed by atoms with van der Waals surface area (Å²) in [6.45, 7) is 1.78. The van der Waals surface area contributed by atoms with E-state index in [1.807, 2.05) is 0 Å². The SMILES string of the molecule is Cc1[nH]nc(NC(=O)c2cncs2)c1N. The first-order valence-corrected chi connectivity index (χ1v) is 5.06. The van der Waals surface area contributed by atoms with Crippen molar-refractivity contribution in [1.29, 1.82) is 0 Å². The molecule has 2 rings (SSSR count). The summed E-state index contributed by atoms with van der Waals surface area (Å²) in [7, 11) is 0. The average Bonchev–Trinajstić information content (AvgIpc) is 2.83. The Morgan fingerprint density at radius 2 is 2.47 bits per heavy atom. The summed E-state index contributed by atoms with van der Waals surface area (Å²) < 4.78 is 0. The summed E-state index contributed by atoms with van der Waals surface area (Å²) in [6.07, 6.45) is 1.50. The quantitative estimate of drug-likeness (QED) is 0.707. The minimum absolute atomic E-state index is 0.254. The van der Waals surface area contributed by atoms with Crippen molar-refractivity contribution in [3.63, 3.8) is 0 Å². The molecule has 2 heterocycles. The van der Waals surface area contributed by atoms with Crippen LogP contribution in [0.2, 0.25) is 0 Å². The maximum atomic E-state index is 11.6. The zero-order chi connectivity index (χ0) is 10.8. The molecule has 0 bridgehead atoms. The number of amides is 1. The van der Waals surface area contributed by atoms with E-state index in [0.29, 0.717) is 16.4 Å². The van der Waals surface area contributed by atoms with Crippen LogP contribution in [0.15, 0.2) is 11.7 Å². The van der Waals surface area contributed by atoms with E-state index in [1.54, 1.807) is 12.4 Å². The Labute approximate surface area is 89.5 Å². The molecule has 0 atom stereocenters. The van der Waals surface area contributed by atoms with Gasteiger partial charge in [-0.05, 0) is 6.92 Å². The number of nitrogens with one attached hydrogen (secondary N) is 2. The third-order valence-electron chi connectivity index (χ3n) is 1.88. The fourth-order valence-corrected chi connectivity index (χ4v) is 1.55. The van der Waals surface area contributed by atoms with Crippen LogP contribution in [-0.4, -0.2) is 21.1 Å². The number of hydrogen-bond donors (Lipinski definition) is 3. The number of rotatable bonds is 2. The van der Waals surface area contributed by atoms with Crippen LogP contribution in [-0.2, 0) is 0 Å². The smallest absolute Gasteiger partial charge is 0.268 e. The highest BCUT2D eigenvalue weighted by Crippen LogP contribution is 2.19. The van der Waals surface area contributed by atoms with Gasteiger partial charge in [0, 0.05) is 0 Å². The van der Waals surface area contributed by atoms with E-state index in [2.05, 4.69) is 20.5 Å². The van der Waals surface area contributed by atoms with Crippen molar-refractivity contribution in [2.45, 2.75) is 6.92 Å². The van der Waals surface area contributed by atoms with Crippen molar-refractivity contribution in [3.8, 4) is 0 Å². The Bertz CT molecular complexity index is 475. The second kappa shape index (κ2) is 3.70. The minimum Gasteiger partial charge on any atom is -0.394 e.